The maximum Gasteiger partial charge on any atom is 0.263 e. The van der Waals surface area contributed by atoms with Crippen LogP contribution in [-0.2, 0) is 0 Å². The van der Waals surface area contributed by atoms with E-state index in [4.69, 9.17) is 5.84 Å². The number of carbonyl (C=O) groups is 1. The quantitative estimate of drug-likeness (QED) is 0.324. The number of rotatable bonds is 5. The molecule has 2 aromatic carbocycles. The number of anilines is 1. The van der Waals surface area contributed by atoms with Gasteiger partial charge < -0.3 is 5.84 Å². The molecule has 0 saturated carbocycles. The Morgan fingerprint density at radius 3 is 2.12 bits per heavy atom. The second-order valence-corrected chi connectivity index (χ2v) is 5.07. The molecule has 0 radical (unpaired) electrons. The van der Waals surface area contributed by atoms with Crippen LogP contribution in [0.4, 0.5) is 5.95 Å². The fourth-order valence-electron chi connectivity index (χ4n) is 2.12. The van der Waals surface area contributed by atoms with Gasteiger partial charge in [0.25, 0.3) is 5.95 Å². The van der Waals surface area contributed by atoms with Gasteiger partial charge in [0, 0.05) is 11.1 Å². The van der Waals surface area contributed by atoms with Crippen LogP contribution in [0, 0.1) is 6.92 Å². The van der Waals surface area contributed by atoms with Gasteiger partial charge in [0.1, 0.15) is 5.71 Å². The predicted molar refractivity (Wildman–Crippen MR) is 92.3 cm³/mol. The Hall–Kier alpha value is -3.48. The van der Waals surface area contributed by atoms with E-state index in [1.54, 1.807) is 19.1 Å². The second kappa shape index (κ2) is 6.74. The first kappa shape index (κ1) is 15.4. The van der Waals surface area contributed by atoms with E-state index in [1.807, 2.05) is 48.5 Å². The van der Waals surface area contributed by atoms with Crippen molar-refractivity contribution in [2.45, 2.75) is 6.92 Å². The summed E-state index contributed by atoms with van der Waals surface area (Å²) in [7, 11) is 0. The van der Waals surface area contributed by atoms with E-state index < -0.39 is 0 Å². The number of Topliss-reactive ketones (excluding diaryl/α,β-unsaturated/α-hetero) is 1. The molecule has 3 rings (SSSR count). The predicted octanol–water partition coefficient (Wildman–Crippen LogP) is 2.00. The third-order valence-electron chi connectivity index (χ3n) is 3.43. The van der Waals surface area contributed by atoms with Crippen LogP contribution in [0.3, 0.4) is 0 Å². The number of aromatic nitrogens is 3. The van der Waals surface area contributed by atoms with Crippen molar-refractivity contribution in [3.63, 3.8) is 0 Å². The largest absolute Gasteiger partial charge is 0.335 e. The number of benzene rings is 2. The van der Waals surface area contributed by atoms with Crippen LogP contribution in [0.25, 0.3) is 0 Å². The number of hydrogen-bond donors (Lipinski definition) is 2. The number of carbonyl (C=O) groups excluding carboxylic acids is 1. The van der Waals surface area contributed by atoms with Crippen molar-refractivity contribution >= 4 is 17.4 Å². The Balaban J connectivity index is 1.98. The summed E-state index contributed by atoms with van der Waals surface area (Å²) in [6, 6.07) is 18.2. The van der Waals surface area contributed by atoms with Gasteiger partial charge in [-0.25, -0.2) is 10.1 Å². The molecular weight excluding hydrogens is 304 g/mol. The molecule has 0 amide bonds. The molecule has 3 aromatic rings. The van der Waals surface area contributed by atoms with Crippen molar-refractivity contribution in [3.8, 4) is 0 Å². The van der Waals surface area contributed by atoms with Crippen LogP contribution >= 0.6 is 0 Å². The van der Waals surface area contributed by atoms with Gasteiger partial charge in [-0.1, -0.05) is 60.7 Å². The summed E-state index contributed by atoms with van der Waals surface area (Å²) in [5.74, 6) is 6.37. The minimum Gasteiger partial charge on any atom is -0.335 e. The molecule has 0 spiro atoms. The highest BCUT2D eigenvalue weighted by Crippen LogP contribution is 2.10. The molecule has 0 bridgehead atoms. The minimum atomic E-state index is -0.200. The van der Waals surface area contributed by atoms with Crippen LogP contribution in [0.1, 0.15) is 21.7 Å². The second-order valence-electron chi connectivity index (χ2n) is 5.07. The highest BCUT2D eigenvalue weighted by Gasteiger charge is 2.17. The van der Waals surface area contributed by atoms with Crippen LogP contribution in [0.15, 0.2) is 65.8 Å². The average Bonchev–Trinajstić information content (AvgIpc) is 2.95. The van der Waals surface area contributed by atoms with E-state index in [0.717, 1.165) is 0 Å². The highest BCUT2D eigenvalue weighted by molar-refractivity contribution is 6.51. The first-order valence-electron chi connectivity index (χ1n) is 7.33. The molecule has 120 valence electrons. The van der Waals surface area contributed by atoms with Crippen molar-refractivity contribution in [1.29, 1.82) is 0 Å². The van der Waals surface area contributed by atoms with E-state index in [2.05, 4.69) is 20.7 Å². The summed E-state index contributed by atoms with van der Waals surface area (Å²) < 4.78 is 1.26. The zero-order chi connectivity index (χ0) is 16.9. The van der Waals surface area contributed by atoms with Crippen LogP contribution < -0.4 is 11.3 Å². The molecule has 0 aliphatic heterocycles. The van der Waals surface area contributed by atoms with Gasteiger partial charge in [-0.3, -0.25) is 4.79 Å². The molecule has 1 aromatic heterocycles. The molecule has 0 fully saturated rings. The van der Waals surface area contributed by atoms with Crippen LogP contribution in [-0.4, -0.2) is 26.4 Å². The average molecular weight is 320 g/mol. The zero-order valence-corrected chi connectivity index (χ0v) is 13.0. The van der Waals surface area contributed by atoms with E-state index >= 15 is 0 Å². The lowest BCUT2D eigenvalue weighted by Crippen LogP contribution is -2.19. The van der Waals surface area contributed by atoms with Crippen molar-refractivity contribution in [3.05, 3.63) is 77.6 Å². The number of hydrogen-bond acceptors (Lipinski definition) is 6. The molecule has 1 heterocycles. The van der Waals surface area contributed by atoms with E-state index in [-0.39, 0.29) is 17.4 Å². The minimum absolute atomic E-state index is 0.200. The number of nitrogens with one attached hydrogen (secondary N) is 1. The summed E-state index contributed by atoms with van der Waals surface area (Å²) in [5.41, 5.74) is 4.22. The number of nitrogen functional groups attached to an aromatic ring is 1. The maximum atomic E-state index is 12.8. The Bertz CT molecular complexity index is 871. The summed E-state index contributed by atoms with van der Waals surface area (Å²) in [4.78, 5) is 12.8. The molecule has 0 aliphatic carbocycles. The van der Waals surface area contributed by atoms with Crippen molar-refractivity contribution in [1.82, 2.24) is 14.9 Å². The normalized spacial score (nSPS) is 11.3. The van der Waals surface area contributed by atoms with Crippen LogP contribution in [0.2, 0.25) is 0 Å². The first-order chi connectivity index (χ1) is 11.7. The van der Waals surface area contributed by atoms with Gasteiger partial charge in [-0.15, -0.1) is 10.2 Å². The summed E-state index contributed by atoms with van der Waals surface area (Å²) in [6.45, 7) is 1.72. The number of aryl methyl sites for hydroxylation is 1. The zero-order valence-electron chi connectivity index (χ0n) is 13.0. The molecular formula is C17H16N6O. The Kier molecular flexibility index (Phi) is 4.33. The van der Waals surface area contributed by atoms with Gasteiger partial charge in [0.05, 0.1) is 0 Å². The molecule has 24 heavy (non-hydrogen) atoms. The molecule has 3 N–H and O–H groups in total. The first-order valence-corrected chi connectivity index (χ1v) is 7.33. The molecule has 0 atom stereocenters. The molecule has 0 saturated heterocycles. The fourth-order valence-corrected chi connectivity index (χ4v) is 2.12. The standard InChI is InChI=1S/C17H16N6O/c1-12-19-21-17(23(12)18)22-20-15(13-8-4-2-5-9-13)16(24)14-10-6-3-7-11-14/h2-11H,18H2,1H3,(H,21,22)/b20-15+. The van der Waals surface area contributed by atoms with Gasteiger partial charge >= 0.3 is 0 Å². The molecule has 7 heteroatoms. The Labute approximate surface area is 138 Å². The van der Waals surface area contributed by atoms with E-state index in [9.17, 15) is 4.79 Å². The van der Waals surface area contributed by atoms with Crippen LogP contribution in [0.5, 0.6) is 0 Å². The van der Waals surface area contributed by atoms with Gasteiger partial charge in [0.2, 0.25) is 5.78 Å². The van der Waals surface area contributed by atoms with Crippen molar-refractivity contribution in [2.24, 2.45) is 5.10 Å². The third-order valence-corrected chi connectivity index (χ3v) is 3.43. The Morgan fingerprint density at radius 2 is 1.58 bits per heavy atom. The summed E-state index contributed by atoms with van der Waals surface area (Å²) in [6.07, 6.45) is 0. The maximum absolute atomic E-state index is 12.8. The monoisotopic (exact) mass is 320 g/mol. The third kappa shape index (κ3) is 3.14. The van der Waals surface area contributed by atoms with Gasteiger partial charge in [0.15, 0.2) is 5.82 Å². The SMILES string of the molecule is Cc1nnc(N/N=C(/C(=O)c2ccccc2)c2ccccc2)n1N. The number of nitrogens with zero attached hydrogens (tertiary/aromatic N) is 4. The molecule has 0 unspecified atom stereocenters. The number of nitrogens with two attached hydrogens (primary N) is 1. The van der Waals surface area contributed by atoms with Gasteiger partial charge in [-0.05, 0) is 6.92 Å². The molecule has 0 aliphatic rings. The van der Waals surface area contributed by atoms with Crippen molar-refractivity contribution < 1.29 is 4.79 Å². The molecule has 7 nitrogen and oxygen atoms in total. The number of hydrazone groups is 1. The fraction of sp³-hybridized carbons (Fsp3) is 0.0588. The lowest BCUT2D eigenvalue weighted by atomic mass is 10.0. The van der Waals surface area contributed by atoms with Crippen molar-refractivity contribution in [2.75, 3.05) is 11.3 Å². The summed E-state index contributed by atoms with van der Waals surface area (Å²) >= 11 is 0. The lowest BCUT2D eigenvalue weighted by molar-refractivity contribution is 0.106. The van der Waals surface area contributed by atoms with E-state index in [1.165, 1.54) is 4.68 Å². The van der Waals surface area contributed by atoms with E-state index in [0.29, 0.717) is 17.0 Å². The summed E-state index contributed by atoms with van der Waals surface area (Å²) in [5, 5.41) is 11.9. The highest BCUT2D eigenvalue weighted by atomic mass is 16.1. The lowest BCUT2D eigenvalue weighted by Gasteiger charge is -2.07. The smallest absolute Gasteiger partial charge is 0.263 e. The Morgan fingerprint density at radius 1 is 1.00 bits per heavy atom. The topological polar surface area (TPSA) is 98.2 Å². The number of ketones is 1. The van der Waals surface area contributed by atoms with Gasteiger partial charge in [-0.2, -0.15) is 5.10 Å².